The lowest BCUT2D eigenvalue weighted by molar-refractivity contribution is -0.125. The van der Waals surface area contributed by atoms with Crippen LogP contribution in [0.5, 0.6) is 5.75 Å². The van der Waals surface area contributed by atoms with E-state index in [1.807, 2.05) is 32.0 Å². The van der Waals surface area contributed by atoms with E-state index in [-0.39, 0.29) is 11.8 Å². The van der Waals surface area contributed by atoms with Gasteiger partial charge in [-0.2, -0.15) is 0 Å². The molecule has 2 amide bonds. The summed E-state index contributed by atoms with van der Waals surface area (Å²) in [4.78, 5) is 25.9. The first-order valence-corrected chi connectivity index (χ1v) is 6.82. The van der Waals surface area contributed by atoms with Gasteiger partial charge in [0.25, 0.3) is 0 Å². The van der Waals surface area contributed by atoms with Gasteiger partial charge in [-0.25, -0.2) is 0 Å². The van der Waals surface area contributed by atoms with Gasteiger partial charge < -0.3 is 15.0 Å². The van der Waals surface area contributed by atoms with Crippen molar-refractivity contribution in [2.24, 2.45) is 0 Å². The lowest BCUT2D eigenvalue weighted by atomic mass is 10.1. The number of ether oxygens (including phenoxy) is 1. The molecule has 1 aliphatic rings. The second-order valence-electron chi connectivity index (χ2n) is 4.92. The first-order chi connectivity index (χ1) is 9.56. The number of carbonyl (C=O) groups excluding carboxylic acids is 2. The quantitative estimate of drug-likeness (QED) is 0.913. The van der Waals surface area contributed by atoms with Crippen molar-refractivity contribution in [3.63, 3.8) is 0 Å². The molecule has 20 heavy (non-hydrogen) atoms. The summed E-state index contributed by atoms with van der Waals surface area (Å²) in [5.41, 5.74) is 1.80. The van der Waals surface area contributed by atoms with Gasteiger partial charge in [0.2, 0.25) is 11.8 Å². The minimum absolute atomic E-state index is 0.0494. The minimum atomic E-state index is -0.438. The largest absolute Gasteiger partial charge is 0.497 e. The molecule has 1 aromatic carbocycles. The maximum absolute atomic E-state index is 12.5. The Bertz CT molecular complexity index is 528. The Labute approximate surface area is 118 Å². The number of nitrogens with zero attached hydrogens (tertiary/aromatic N) is 1. The molecular weight excluding hydrogens is 256 g/mol. The van der Waals surface area contributed by atoms with Crippen molar-refractivity contribution in [2.75, 3.05) is 18.6 Å². The predicted molar refractivity (Wildman–Crippen MR) is 76.9 cm³/mol. The summed E-state index contributed by atoms with van der Waals surface area (Å²) in [6.07, 6.45) is 0.921. The highest BCUT2D eigenvalue weighted by atomic mass is 16.5. The number of amides is 2. The van der Waals surface area contributed by atoms with Gasteiger partial charge in [0.15, 0.2) is 0 Å². The van der Waals surface area contributed by atoms with Crippen LogP contribution in [-0.4, -0.2) is 31.5 Å². The maximum Gasteiger partial charge on any atom is 0.249 e. The zero-order valence-electron chi connectivity index (χ0n) is 12.1. The second kappa shape index (κ2) is 5.94. The zero-order valence-corrected chi connectivity index (χ0v) is 12.1. The van der Waals surface area contributed by atoms with Gasteiger partial charge >= 0.3 is 0 Å². The third-order valence-corrected chi connectivity index (χ3v) is 3.56. The fourth-order valence-electron chi connectivity index (χ4n) is 2.41. The molecule has 0 aliphatic carbocycles. The molecule has 0 radical (unpaired) electrons. The number of benzene rings is 1. The zero-order chi connectivity index (χ0) is 14.7. The van der Waals surface area contributed by atoms with E-state index in [9.17, 15) is 9.59 Å². The molecule has 1 aromatic rings. The third-order valence-electron chi connectivity index (χ3n) is 3.56. The molecule has 2 rings (SSSR count). The number of hydrogen-bond acceptors (Lipinski definition) is 3. The smallest absolute Gasteiger partial charge is 0.249 e. The normalized spacial score (nSPS) is 19.6. The monoisotopic (exact) mass is 276 g/mol. The van der Waals surface area contributed by atoms with Crippen molar-refractivity contribution in [2.45, 2.75) is 32.7 Å². The molecule has 0 bridgehead atoms. The molecule has 1 fully saturated rings. The molecular formula is C15H20N2O3. The highest BCUT2D eigenvalue weighted by Gasteiger charge is 2.30. The first kappa shape index (κ1) is 14.4. The Kier molecular flexibility index (Phi) is 4.27. The molecule has 0 aromatic heterocycles. The molecule has 1 N–H and O–H groups in total. The molecule has 1 unspecified atom stereocenters. The van der Waals surface area contributed by atoms with Crippen LogP contribution in [-0.2, 0) is 9.59 Å². The van der Waals surface area contributed by atoms with E-state index in [2.05, 4.69) is 5.32 Å². The van der Waals surface area contributed by atoms with E-state index in [4.69, 9.17) is 4.74 Å². The van der Waals surface area contributed by atoms with Crippen molar-refractivity contribution in [1.82, 2.24) is 5.32 Å². The third kappa shape index (κ3) is 2.76. The second-order valence-corrected chi connectivity index (χ2v) is 4.92. The van der Waals surface area contributed by atoms with E-state index >= 15 is 0 Å². The van der Waals surface area contributed by atoms with Crippen molar-refractivity contribution in [3.05, 3.63) is 23.8 Å². The number of carbonyl (C=O) groups is 2. The van der Waals surface area contributed by atoms with Crippen LogP contribution in [0.2, 0.25) is 0 Å². The Morgan fingerprint density at radius 1 is 1.40 bits per heavy atom. The van der Waals surface area contributed by atoms with Crippen molar-refractivity contribution in [3.8, 4) is 5.75 Å². The van der Waals surface area contributed by atoms with Gasteiger partial charge in [0.05, 0.1) is 7.11 Å². The van der Waals surface area contributed by atoms with Crippen LogP contribution >= 0.6 is 0 Å². The molecule has 1 saturated heterocycles. The lowest BCUT2D eigenvalue weighted by Crippen LogP contribution is -2.44. The molecule has 108 valence electrons. The van der Waals surface area contributed by atoms with E-state index in [0.717, 1.165) is 17.0 Å². The number of anilines is 1. The molecule has 0 spiro atoms. The lowest BCUT2D eigenvalue weighted by Gasteiger charge is -2.25. The summed E-state index contributed by atoms with van der Waals surface area (Å²) in [5, 5.41) is 2.77. The van der Waals surface area contributed by atoms with Gasteiger partial charge in [-0.3, -0.25) is 9.59 Å². The minimum Gasteiger partial charge on any atom is -0.497 e. The molecule has 1 heterocycles. The number of hydrogen-bond donors (Lipinski definition) is 1. The van der Waals surface area contributed by atoms with Gasteiger partial charge in [-0.1, -0.05) is 6.92 Å². The molecule has 1 atom stereocenters. The summed E-state index contributed by atoms with van der Waals surface area (Å²) in [6, 6.07) is 5.15. The maximum atomic E-state index is 12.5. The van der Waals surface area contributed by atoms with Crippen molar-refractivity contribution >= 4 is 17.5 Å². The van der Waals surface area contributed by atoms with Crippen LogP contribution in [0, 0.1) is 6.92 Å². The number of rotatable bonds is 3. The van der Waals surface area contributed by atoms with Gasteiger partial charge in [-0.05, 0) is 37.1 Å². The van der Waals surface area contributed by atoms with E-state index in [1.165, 1.54) is 0 Å². The van der Waals surface area contributed by atoms with Gasteiger partial charge in [-0.15, -0.1) is 0 Å². The van der Waals surface area contributed by atoms with E-state index in [1.54, 1.807) is 12.0 Å². The van der Waals surface area contributed by atoms with E-state index in [0.29, 0.717) is 19.4 Å². The standard InChI is InChI=1S/C15H20N2O3/c1-4-12-15(19)17(8-7-14(18)16-12)13-6-5-11(20-3)9-10(13)2/h5-6,9,12H,4,7-8H2,1-3H3,(H,16,18). The first-order valence-electron chi connectivity index (χ1n) is 6.82. The average molecular weight is 276 g/mol. The van der Waals surface area contributed by atoms with Crippen LogP contribution in [0.25, 0.3) is 0 Å². The number of aryl methyl sites for hydroxylation is 1. The van der Waals surface area contributed by atoms with Crippen LogP contribution in [0.1, 0.15) is 25.3 Å². The molecule has 5 heteroatoms. The molecule has 0 saturated carbocycles. The number of methoxy groups -OCH3 is 1. The molecule has 1 aliphatic heterocycles. The predicted octanol–water partition coefficient (Wildman–Crippen LogP) is 1.64. The van der Waals surface area contributed by atoms with Crippen molar-refractivity contribution in [1.29, 1.82) is 0 Å². The van der Waals surface area contributed by atoms with E-state index < -0.39 is 6.04 Å². The van der Waals surface area contributed by atoms with Crippen LogP contribution in [0.15, 0.2) is 18.2 Å². The summed E-state index contributed by atoms with van der Waals surface area (Å²) in [7, 11) is 1.61. The van der Waals surface area contributed by atoms with Crippen molar-refractivity contribution < 1.29 is 14.3 Å². The summed E-state index contributed by atoms with van der Waals surface area (Å²) < 4.78 is 5.18. The number of nitrogens with one attached hydrogen (secondary N) is 1. The Hall–Kier alpha value is -2.04. The fourth-order valence-corrected chi connectivity index (χ4v) is 2.41. The average Bonchev–Trinajstić information content (AvgIpc) is 2.58. The Morgan fingerprint density at radius 2 is 2.15 bits per heavy atom. The molecule has 5 nitrogen and oxygen atoms in total. The summed E-state index contributed by atoms with van der Waals surface area (Å²) in [5.74, 6) is 0.639. The van der Waals surface area contributed by atoms with Crippen LogP contribution < -0.4 is 15.0 Å². The SMILES string of the molecule is CCC1NC(=O)CCN(c2ccc(OC)cc2C)C1=O. The van der Waals surface area contributed by atoms with Gasteiger partial charge in [0, 0.05) is 18.7 Å². The Balaban J connectivity index is 2.34. The van der Waals surface area contributed by atoms with Crippen LogP contribution in [0.3, 0.4) is 0 Å². The summed E-state index contributed by atoms with van der Waals surface area (Å²) >= 11 is 0. The fraction of sp³-hybridized carbons (Fsp3) is 0.467. The topological polar surface area (TPSA) is 58.6 Å². The highest BCUT2D eigenvalue weighted by molar-refractivity contribution is 6.01. The Morgan fingerprint density at radius 3 is 2.75 bits per heavy atom. The highest BCUT2D eigenvalue weighted by Crippen LogP contribution is 2.26. The summed E-state index contributed by atoms with van der Waals surface area (Å²) in [6.45, 7) is 4.24. The van der Waals surface area contributed by atoms with Gasteiger partial charge in [0.1, 0.15) is 11.8 Å². The van der Waals surface area contributed by atoms with Crippen LogP contribution in [0.4, 0.5) is 5.69 Å².